The van der Waals surface area contributed by atoms with Crippen LogP contribution in [0.25, 0.3) is 0 Å². The van der Waals surface area contributed by atoms with Crippen molar-refractivity contribution in [3.63, 3.8) is 0 Å². The van der Waals surface area contributed by atoms with Crippen LogP contribution in [0.4, 0.5) is 10.5 Å². The lowest BCUT2D eigenvalue weighted by atomic mass is 10.0. The highest BCUT2D eigenvalue weighted by atomic mass is 16.2. The van der Waals surface area contributed by atoms with E-state index in [4.69, 9.17) is 0 Å². The molecular weight excluding hydrogens is 382 g/mol. The molecule has 0 bridgehead atoms. The molecule has 4 amide bonds. The molecule has 2 aliphatic heterocycles. The molecule has 0 atom stereocenters. The number of carbonyl (C=O) groups excluding carboxylic acids is 3. The van der Waals surface area contributed by atoms with Crippen molar-refractivity contribution < 1.29 is 14.4 Å². The summed E-state index contributed by atoms with van der Waals surface area (Å²) >= 11 is 0. The van der Waals surface area contributed by atoms with Crippen molar-refractivity contribution in [3.8, 4) is 0 Å². The maximum absolute atomic E-state index is 12.7. The smallest absolute Gasteiger partial charge is 0.321 e. The lowest BCUT2D eigenvalue weighted by Gasteiger charge is -2.42. The Morgan fingerprint density at radius 3 is 2.37 bits per heavy atom. The first-order valence-corrected chi connectivity index (χ1v) is 10.2. The third-order valence-electron chi connectivity index (χ3n) is 5.64. The maximum Gasteiger partial charge on any atom is 0.321 e. The number of piperidine rings is 1. The fourth-order valence-electron chi connectivity index (χ4n) is 3.98. The van der Waals surface area contributed by atoms with E-state index in [-0.39, 0.29) is 12.1 Å². The van der Waals surface area contributed by atoms with Crippen molar-refractivity contribution in [2.45, 2.75) is 25.4 Å². The number of pyridine rings is 1. The third kappa shape index (κ3) is 4.42. The molecule has 1 aromatic carbocycles. The van der Waals surface area contributed by atoms with Crippen LogP contribution in [-0.2, 0) is 16.1 Å². The van der Waals surface area contributed by atoms with Crippen molar-refractivity contribution >= 4 is 23.5 Å². The van der Waals surface area contributed by atoms with E-state index in [1.807, 2.05) is 48.5 Å². The molecule has 0 saturated carbocycles. The van der Waals surface area contributed by atoms with E-state index in [9.17, 15) is 14.4 Å². The van der Waals surface area contributed by atoms with Gasteiger partial charge in [-0.05, 0) is 37.1 Å². The van der Waals surface area contributed by atoms with E-state index in [2.05, 4.69) is 10.3 Å². The van der Waals surface area contributed by atoms with Crippen LogP contribution in [0.1, 0.15) is 18.5 Å². The molecule has 1 aromatic heterocycles. The van der Waals surface area contributed by atoms with Gasteiger partial charge in [-0.1, -0.05) is 24.3 Å². The molecule has 0 radical (unpaired) electrons. The minimum absolute atomic E-state index is 0.0146. The number of nitrogens with zero attached hydrogens (tertiary/aromatic N) is 4. The van der Waals surface area contributed by atoms with Gasteiger partial charge in [-0.25, -0.2) is 4.79 Å². The number of hydrogen-bond acceptors (Lipinski definition) is 4. The van der Waals surface area contributed by atoms with Gasteiger partial charge in [-0.2, -0.15) is 0 Å². The summed E-state index contributed by atoms with van der Waals surface area (Å²) in [6.07, 6.45) is 3.02. The molecule has 2 fully saturated rings. The number of anilines is 1. The van der Waals surface area contributed by atoms with Gasteiger partial charge >= 0.3 is 17.8 Å². The van der Waals surface area contributed by atoms with E-state index in [1.165, 1.54) is 0 Å². The van der Waals surface area contributed by atoms with E-state index in [0.29, 0.717) is 45.6 Å². The highest BCUT2D eigenvalue weighted by Crippen LogP contribution is 2.21. The highest BCUT2D eigenvalue weighted by molar-refractivity contribution is 6.35. The average molecular weight is 407 g/mol. The Kier molecular flexibility index (Phi) is 5.92. The van der Waals surface area contributed by atoms with Crippen LogP contribution in [0.3, 0.4) is 0 Å². The first kappa shape index (κ1) is 19.9. The fourth-order valence-corrected chi connectivity index (χ4v) is 3.98. The Labute approximate surface area is 175 Å². The Hall–Kier alpha value is -3.42. The number of amides is 4. The topological polar surface area (TPSA) is 85.8 Å². The predicted molar refractivity (Wildman–Crippen MR) is 111 cm³/mol. The molecule has 1 N–H and O–H groups in total. The van der Waals surface area contributed by atoms with Crippen molar-refractivity contribution in [1.82, 2.24) is 19.7 Å². The Bertz CT molecular complexity index is 898. The SMILES string of the molecule is O=C(Nc1ccccc1)N1CCC(N2CCN(Cc3ccccn3)C(=O)C2=O)CC1. The van der Waals surface area contributed by atoms with Crippen LogP contribution in [0.5, 0.6) is 0 Å². The monoisotopic (exact) mass is 407 g/mol. The van der Waals surface area contributed by atoms with Gasteiger partial charge < -0.3 is 20.0 Å². The van der Waals surface area contributed by atoms with Gasteiger partial charge in [0.05, 0.1) is 12.2 Å². The number of rotatable bonds is 4. The molecule has 2 aliphatic rings. The number of para-hydroxylation sites is 1. The standard InChI is InChI=1S/C22H25N5O3/c28-20-21(29)27(15-14-26(20)16-18-8-4-5-11-23-18)19-9-12-25(13-10-19)22(30)24-17-6-2-1-3-7-17/h1-8,11,19H,9-10,12-16H2,(H,24,30). The van der Waals surface area contributed by atoms with Crippen LogP contribution in [0.15, 0.2) is 54.7 Å². The van der Waals surface area contributed by atoms with E-state index in [1.54, 1.807) is 20.9 Å². The molecular formula is C22H25N5O3. The zero-order valence-electron chi connectivity index (χ0n) is 16.7. The lowest BCUT2D eigenvalue weighted by Crippen LogP contribution is -2.59. The second-order valence-corrected chi connectivity index (χ2v) is 7.56. The van der Waals surface area contributed by atoms with Crippen molar-refractivity contribution in [2.24, 2.45) is 0 Å². The van der Waals surface area contributed by atoms with E-state index in [0.717, 1.165) is 11.4 Å². The van der Waals surface area contributed by atoms with E-state index >= 15 is 0 Å². The van der Waals surface area contributed by atoms with Crippen molar-refractivity contribution in [2.75, 3.05) is 31.5 Å². The van der Waals surface area contributed by atoms with Gasteiger partial charge in [0.1, 0.15) is 0 Å². The predicted octanol–water partition coefficient (Wildman–Crippen LogP) is 1.95. The summed E-state index contributed by atoms with van der Waals surface area (Å²) in [6, 6.07) is 14.7. The summed E-state index contributed by atoms with van der Waals surface area (Å²) < 4.78 is 0. The number of urea groups is 1. The number of nitrogens with one attached hydrogen (secondary N) is 1. The molecule has 2 saturated heterocycles. The number of hydrogen-bond donors (Lipinski definition) is 1. The van der Waals surface area contributed by atoms with Crippen LogP contribution in [-0.4, -0.2) is 69.8 Å². The minimum atomic E-state index is -0.476. The Morgan fingerprint density at radius 2 is 1.67 bits per heavy atom. The highest BCUT2D eigenvalue weighted by Gasteiger charge is 2.38. The van der Waals surface area contributed by atoms with E-state index < -0.39 is 11.8 Å². The molecule has 0 spiro atoms. The van der Waals surface area contributed by atoms with Gasteiger partial charge in [0, 0.05) is 44.1 Å². The Balaban J connectivity index is 1.29. The zero-order chi connectivity index (χ0) is 20.9. The summed E-state index contributed by atoms with van der Waals surface area (Å²) in [7, 11) is 0. The second-order valence-electron chi connectivity index (χ2n) is 7.56. The molecule has 8 heteroatoms. The zero-order valence-corrected chi connectivity index (χ0v) is 16.7. The van der Waals surface area contributed by atoms with Gasteiger partial charge in [-0.3, -0.25) is 14.6 Å². The molecule has 0 unspecified atom stereocenters. The van der Waals surface area contributed by atoms with Gasteiger partial charge in [0.2, 0.25) is 0 Å². The lowest BCUT2D eigenvalue weighted by molar-refractivity contribution is -0.158. The fraction of sp³-hybridized carbons (Fsp3) is 0.364. The van der Waals surface area contributed by atoms with Crippen LogP contribution >= 0.6 is 0 Å². The normalized spacial score (nSPS) is 17.9. The number of aromatic nitrogens is 1. The van der Waals surface area contributed by atoms with Gasteiger partial charge in [-0.15, -0.1) is 0 Å². The quantitative estimate of drug-likeness (QED) is 0.785. The minimum Gasteiger partial charge on any atom is -0.330 e. The van der Waals surface area contributed by atoms with Crippen LogP contribution in [0.2, 0.25) is 0 Å². The maximum atomic E-state index is 12.7. The molecule has 0 aliphatic carbocycles. The number of piperazine rings is 1. The summed E-state index contributed by atoms with van der Waals surface area (Å²) in [5.41, 5.74) is 1.53. The molecule has 30 heavy (non-hydrogen) atoms. The summed E-state index contributed by atoms with van der Waals surface area (Å²) in [5, 5.41) is 2.89. The molecule has 2 aromatic rings. The number of likely N-dealkylation sites (tertiary alicyclic amines) is 1. The molecule has 8 nitrogen and oxygen atoms in total. The molecule has 3 heterocycles. The summed E-state index contributed by atoms with van der Waals surface area (Å²) in [5.74, 6) is -0.930. The molecule has 156 valence electrons. The van der Waals surface area contributed by atoms with Gasteiger partial charge in [0.15, 0.2) is 0 Å². The van der Waals surface area contributed by atoms with Crippen molar-refractivity contribution in [3.05, 3.63) is 60.4 Å². The first-order chi connectivity index (χ1) is 14.6. The Morgan fingerprint density at radius 1 is 0.933 bits per heavy atom. The van der Waals surface area contributed by atoms with Crippen LogP contribution in [0, 0.1) is 0 Å². The summed E-state index contributed by atoms with van der Waals surface area (Å²) in [4.78, 5) is 47.0. The third-order valence-corrected chi connectivity index (χ3v) is 5.64. The van der Waals surface area contributed by atoms with Crippen LogP contribution < -0.4 is 5.32 Å². The number of carbonyl (C=O) groups is 3. The van der Waals surface area contributed by atoms with Crippen molar-refractivity contribution in [1.29, 1.82) is 0 Å². The number of benzene rings is 1. The second kappa shape index (κ2) is 8.94. The summed E-state index contributed by atoms with van der Waals surface area (Å²) in [6.45, 7) is 2.46. The average Bonchev–Trinajstić information content (AvgIpc) is 2.79. The first-order valence-electron chi connectivity index (χ1n) is 10.2. The van der Waals surface area contributed by atoms with Gasteiger partial charge in [0.25, 0.3) is 0 Å². The molecule has 4 rings (SSSR count). The largest absolute Gasteiger partial charge is 0.330 e.